The van der Waals surface area contributed by atoms with Gasteiger partial charge in [0.15, 0.2) is 0 Å². The first-order valence-electron chi connectivity index (χ1n) is 6.55. The maximum Gasteiger partial charge on any atom is 0.322 e. The van der Waals surface area contributed by atoms with Crippen LogP contribution in [0.25, 0.3) is 0 Å². The average Bonchev–Trinajstić information content (AvgIpc) is 2.90. The second-order valence-electron chi connectivity index (χ2n) is 4.93. The fourth-order valence-electron chi connectivity index (χ4n) is 2.36. The van der Waals surface area contributed by atoms with Crippen LogP contribution in [0.5, 0.6) is 0 Å². The Kier molecular flexibility index (Phi) is 4.74. The number of carboxylic acids is 1. The number of nitrogens with one attached hydrogen (secondary N) is 1. The Morgan fingerprint density at radius 2 is 2.09 bits per heavy atom. The van der Waals surface area contributed by atoms with Gasteiger partial charge in [0.1, 0.15) is 6.04 Å². The first-order chi connectivity index (χ1) is 10.2. The summed E-state index contributed by atoms with van der Waals surface area (Å²) < 4.78 is 26.1. The van der Waals surface area contributed by atoms with Gasteiger partial charge in [-0.2, -0.15) is 4.31 Å². The lowest BCUT2D eigenvalue weighted by molar-refractivity contribution is -0.140. The lowest BCUT2D eigenvalue weighted by Gasteiger charge is -2.21. The van der Waals surface area contributed by atoms with E-state index in [1.807, 2.05) is 0 Å². The second-order valence-corrected chi connectivity index (χ2v) is 7.23. The van der Waals surface area contributed by atoms with Crippen molar-refractivity contribution in [2.45, 2.75) is 30.7 Å². The Balaban J connectivity index is 2.36. The van der Waals surface area contributed by atoms with Crippen LogP contribution < -0.4 is 5.32 Å². The average molecular weight is 347 g/mol. The molecule has 1 atom stereocenters. The summed E-state index contributed by atoms with van der Waals surface area (Å²) in [6.45, 7) is 1.47. The molecular weight excluding hydrogens is 332 g/mol. The van der Waals surface area contributed by atoms with E-state index in [0.29, 0.717) is 12.1 Å². The molecule has 0 aromatic heterocycles. The van der Waals surface area contributed by atoms with Crippen LogP contribution in [0.2, 0.25) is 5.02 Å². The van der Waals surface area contributed by atoms with E-state index in [4.69, 9.17) is 16.7 Å². The zero-order valence-corrected chi connectivity index (χ0v) is 13.3. The second kappa shape index (κ2) is 6.23. The van der Waals surface area contributed by atoms with Crippen molar-refractivity contribution in [3.63, 3.8) is 0 Å². The minimum absolute atomic E-state index is 0.0716. The number of halogens is 1. The van der Waals surface area contributed by atoms with E-state index >= 15 is 0 Å². The van der Waals surface area contributed by atoms with Gasteiger partial charge in [0.2, 0.25) is 15.9 Å². The third kappa shape index (κ3) is 3.23. The number of carbonyl (C=O) groups excluding carboxylic acids is 1. The van der Waals surface area contributed by atoms with Gasteiger partial charge >= 0.3 is 5.97 Å². The highest BCUT2D eigenvalue weighted by atomic mass is 35.5. The van der Waals surface area contributed by atoms with E-state index in [1.54, 1.807) is 0 Å². The van der Waals surface area contributed by atoms with E-state index in [9.17, 15) is 18.0 Å². The van der Waals surface area contributed by atoms with Gasteiger partial charge in [-0.3, -0.25) is 9.59 Å². The molecule has 1 aromatic carbocycles. The maximum atomic E-state index is 12.6. The summed E-state index contributed by atoms with van der Waals surface area (Å²) in [4.78, 5) is 22.1. The molecule has 0 aliphatic carbocycles. The monoisotopic (exact) mass is 346 g/mol. The van der Waals surface area contributed by atoms with E-state index in [-0.39, 0.29) is 28.8 Å². The van der Waals surface area contributed by atoms with Crippen molar-refractivity contribution >= 4 is 39.2 Å². The number of hydrogen-bond donors (Lipinski definition) is 2. The van der Waals surface area contributed by atoms with Crippen molar-refractivity contribution in [2.24, 2.45) is 0 Å². The maximum absolute atomic E-state index is 12.6. The molecule has 120 valence electrons. The van der Waals surface area contributed by atoms with Crippen LogP contribution in [0, 0.1) is 0 Å². The highest BCUT2D eigenvalue weighted by Gasteiger charge is 2.39. The highest BCUT2D eigenvalue weighted by Crippen LogP contribution is 2.30. The number of rotatable bonds is 4. The van der Waals surface area contributed by atoms with Gasteiger partial charge in [0.25, 0.3) is 0 Å². The van der Waals surface area contributed by atoms with Gasteiger partial charge in [0.05, 0.1) is 15.6 Å². The van der Waals surface area contributed by atoms with Crippen LogP contribution >= 0.6 is 11.6 Å². The van der Waals surface area contributed by atoms with E-state index < -0.39 is 22.0 Å². The van der Waals surface area contributed by atoms with Gasteiger partial charge in [-0.25, -0.2) is 8.42 Å². The topological polar surface area (TPSA) is 104 Å². The number of aliphatic carboxylic acids is 1. The summed E-state index contributed by atoms with van der Waals surface area (Å²) in [7, 11) is -3.95. The SMILES string of the molecule is CC(=O)Nc1ccc(S(=O)(=O)N2CCCC2C(=O)O)cc1Cl. The molecule has 1 saturated heterocycles. The number of hydrogen-bond acceptors (Lipinski definition) is 4. The minimum atomic E-state index is -3.95. The summed E-state index contributed by atoms with van der Waals surface area (Å²) in [5.41, 5.74) is 0.296. The molecule has 1 aromatic rings. The Morgan fingerprint density at radius 1 is 1.41 bits per heavy atom. The van der Waals surface area contributed by atoms with Crippen molar-refractivity contribution in [1.82, 2.24) is 4.31 Å². The smallest absolute Gasteiger partial charge is 0.322 e. The van der Waals surface area contributed by atoms with Crippen LogP contribution in [-0.4, -0.2) is 42.3 Å². The molecular formula is C13H15ClN2O5S. The molecule has 1 heterocycles. The summed E-state index contributed by atoms with van der Waals surface area (Å²) in [5.74, 6) is -1.50. The number of amides is 1. The highest BCUT2D eigenvalue weighted by molar-refractivity contribution is 7.89. The van der Waals surface area contributed by atoms with Crippen LogP contribution in [0.3, 0.4) is 0 Å². The normalized spacial score (nSPS) is 19.1. The minimum Gasteiger partial charge on any atom is -0.480 e. The standard InChI is InChI=1S/C13H15ClN2O5S/c1-8(17)15-11-5-4-9(7-10(11)14)22(20,21)16-6-2-3-12(16)13(18)19/h4-5,7,12H,2-3,6H2,1H3,(H,15,17)(H,18,19). The van der Waals surface area contributed by atoms with E-state index in [0.717, 1.165) is 4.31 Å². The Morgan fingerprint density at radius 3 is 2.64 bits per heavy atom. The molecule has 1 fully saturated rings. The Labute approximate surface area is 132 Å². The van der Waals surface area contributed by atoms with Gasteiger partial charge in [-0.05, 0) is 31.0 Å². The molecule has 0 saturated carbocycles. The summed E-state index contributed by atoms with van der Waals surface area (Å²) in [6, 6.07) is 2.82. The fourth-order valence-corrected chi connectivity index (χ4v) is 4.33. The van der Waals surface area contributed by atoms with Gasteiger partial charge in [-0.1, -0.05) is 11.6 Å². The summed E-state index contributed by atoms with van der Waals surface area (Å²) >= 11 is 5.97. The van der Waals surface area contributed by atoms with Crippen molar-refractivity contribution in [2.75, 3.05) is 11.9 Å². The van der Waals surface area contributed by atoms with Crippen LogP contribution in [0.1, 0.15) is 19.8 Å². The molecule has 0 radical (unpaired) electrons. The van der Waals surface area contributed by atoms with Gasteiger partial charge in [-0.15, -0.1) is 0 Å². The quantitative estimate of drug-likeness (QED) is 0.860. The molecule has 22 heavy (non-hydrogen) atoms. The third-order valence-electron chi connectivity index (χ3n) is 3.35. The Bertz CT molecular complexity index is 719. The number of carboxylic acid groups (broad SMARTS) is 1. The van der Waals surface area contributed by atoms with Gasteiger partial charge in [0, 0.05) is 13.5 Å². The first-order valence-corrected chi connectivity index (χ1v) is 8.37. The molecule has 2 N–H and O–H groups in total. The van der Waals surface area contributed by atoms with Crippen molar-refractivity contribution in [1.29, 1.82) is 0 Å². The zero-order valence-electron chi connectivity index (χ0n) is 11.7. The number of carbonyl (C=O) groups is 2. The molecule has 0 bridgehead atoms. The van der Waals surface area contributed by atoms with Crippen LogP contribution in [-0.2, 0) is 19.6 Å². The summed E-state index contributed by atoms with van der Waals surface area (Å²) in [6.07, 6.45) is 0.778. The number of benzene rings is 1. The first kappa shape index (κ1) is 16.7. The fraction of sp³-hybridized carbons (Fsp3) is 0.385. The summed E-state index contributed by atoms with van der Waals surface area (Å²) in [5, 5.41) is 11.7. The molecule has 9 heteroatoms. The number of anilines is 1. The van der Waals surface area contributed by atoms with Crippen molar-refractivity contribution in [3.05, 3.63) is 23.2 Å². The van der Waals surface area contributed by atoms with Crippen molar-refractivity contribution < 1.29 is 23.1 Å². The molecule has 2 rings (SSSR count). The molecule has 1 unspecified atom stereocenters. The van der Waals surface area contributed by atoms with Gasteiger partial charge < -0.3 is 10.4 Å². The van der Waals surface area contributed by atoms with E-state index in [2.05, 4.69) is 5.32 Å². The lowest BCUT2D eigenvalue weighted by atomic mass is 10.2. The lowest BCUT2D eigenvalue weighted by Crippen LogP contribution is -2.40. The molecule has 7 nitrogen and oxygen atoms in total. The Hall–Kier alpha value is -1.64. The predicted octanol–water partition coefficient (Wildman–Crippen LogP) is 1.54. The van der Waals surface area contributed by atoms with Crippen molar-refractivity contribution in [3.8, 4) is 0 Å². The number of nitrogens with zero attached hydrogens (tertiary/aromatic N) is 1. The van der Waals surface area contributed by atoms with Crippen LogP contribution in [0.15, 0.2) is 23.1 Å². The molecule has 1 aliphatic heterocycles. The number of sulfonamides is 1. The molecule has 1 amide bonds. The molecule has 1 aliphatic rings. The van der Waals surface area contributed by atoms with Crippen LogP contribution in [0.4, 0.5) is 5.69 Å². The van der Waals surface area contributed by atoms with E-state index in [1.165, 1.54) is 25.1 Å². The third-order valence-corrected chi connectivity index (χ3v) is 5.56. The zero-order chi connectivity index (χ0) is 16.5. The largest absolute Gasteiger partial charge is 0.480 e. The predicted molar refractivity (Wildman–Crippen MR) is 80.3 cm³/mol. The molecule has 0 spiro atoms.